The van der Waals surface area contributed by atoms with Crippen molar-refractivity contribution in [3.05, 3.63) is 59.7 Å². The van der Waals surface area contributed by atoms with Gasteiger partial charge in [-0.15, -0.1) is 0 Å². The minimum Gasteiger partial charge on any atom is -0.396 e. The molecule has 1 saturated heterocycles. The predicted molar refractivity (Wildman–Crippen MR) is 124 cm³/mol. The molecule has 0 aliphatic carbocycles. The van der Waals surface area contributed by atoms with Crippen LogP contribution in [-0.2, 0) is 11.2 Å². The molecule has 174 valence electrons. The zero-order chi connectivity index (χ0) is 23.1. The molecule has 0 spiro atoms. The first-order valence-corrected chi connectivity index (χ1v) is 11.2. The lowest BCUT2D eigenvalue weighted by atomic mass is 10.1. The van der Waals surface area contributed by atoms with Crippen molar-refractivity contribution in [2.24, 2.45) is 0 Å². The van der Waals surface area contributed by atoms with E-state index in [9.17, 15) is 18.7 Å². The van der Waals surface area contributed by atoms with Gasteiger partial charge in [0, 0.05) is 63.0 Å². The number of aliphatic hydroxyl groups excluding tert-OH is 1. The summed E-state index contributed by atoms with van der Waals surface area (Å²) in [6, 6.07) is 15.0. The lowest BCUT2D eigenvalue weighted by Crippen LogP contribution is -2.51. The maximum atomic E-state index is 13.2. The minimum absolute atomic E-state index is 0.0261. The number of alkyl halides is 2. The molecule has 0 radical (unpaired) electrons. The van der Waals surface area contributed by atoms with Gasteiger partial charge in [-0.3, -0.25) is 9.69 Å². The van der Waals surface area contributed by atoms with Gasteiger partial charge in [0.05, 0.1) is 0 Å². The van der Waals surface area contributed by atoms with E-state index in [0.717, 1.165) is 50.0 Å². The van der Waals surface area contributed by atoms with Crippen LogP contribution in [-0.4, -0.2) is 60.7 Å². The van der Waals surface area contributed by atoms with Gasteiger partial charge in [-0.05, 0) is 50.1 Å². The van der Waals surface area contributed by atoms with Gasteiger partial charge >= 0.3 is 0 Å². The third-order valence-corrected chi connectivity index (χ3v) is 5.87. The monoisotopic (exact) mass is 445 g/mol. The van der Waals surface area contributed by atoms with Crippen molar-refractivity contribution in [2.75, 3.05) is 43.0 Å². The standard InChI is InChI=1S/C25H33F2N3O2/c1-19-3-7-21(8-4-19)28-24(32)17-23(11-16-31)30-14-12-29(13-15-30)22-9-5-20(6-10-22)18-25(2,26)27/h3-10,23,31H,11-18H2,1-2H3,(H,28,32). The van der Waals surface area contributed by atoms with E-state index in [0.29, 0.717) is 18.4 Å². The molecule has 2 aromatic carbocycles. The van der Waals surface area contributed by atoms with Crippen LogP contribution in [0.2, 0.25) is 0 Å². The fourth-order valence-corrected chi connectivity index (χ4v) is 4.15. The highest BCUT2D eigenvalue weighted by molar-refractivity contribution is 5.91. The number of rotatable bonds is 9. The predicted octanol–water partition coefficient (Wildman–Crippen LogP) is 4.09. The number of carbonyl (C=O) groups is 1. The van der Waals surface area contributed by atoms with Crippen LogP contribution in [0, 0.1) is 6.92 Å². The highest BCUT2D eigenvalue weighted by Crippen LogP contribution is 2.23. The summed E-state index contributed by atoms with van der Waals surface area (Å²) in [5, 5.41) is 12.5. The number of hydrogen-bond donors (Lipinski definition) is 2. The van der Waals surface area contributed by atoms with E-state index < -0.39 is 5.92 Å². The molecule has 1 unspecified atom stereocenters. The first-order chi connectivity index (χ1) is 15.2. The first kappa shape index (κ1) is 24.1. The van der Waals surface area contributed by atoms with Gasteiger partial charge in [0.2, 0.25) is 11.8 Å². The van der Waals surface area contributed by atoms with Crippen LogP contribution in [0.1, 0.15) is 30.9 Å². The molecule has 7 heteroatoms. The third-order valence-electron chi connectivity index (χ3n) is 5.87. The average Bonchev–Trinajstić information content (AvgIpc) is 2.75. The van der Waals surface area contributed by atoms with Crippen LogP contribution in [0.15, 0.2) is 48.5 Å². The Labute approximate surface area is 189 Å². The van der Waals surface area contributed by atoms with E-state index in [2.05, 4.69) is 15.1 Å². The highest BCUT2D eigenvalue weighted by atomic mass is 19.3. The number of benzene rings is 2. The molecule has 3 rings (SSSR count). The summed E-state index contributed by atoms with van der Waals surface area (Å²) < 4.78 is 26.4. The first-order valence-electron chi connectivity index (χ1n) is 11.2. The van der Waals surface area contributed by atoms with Crippen LogP contribution in [0.25, 0.3) is 0 Å². The maximum absolute atomic E-state index is 13.2. The normalized spacial score (nSPS) is 16.1. The molecule has 5 nitrogen and oxygen atoms in total. The van der Waals surface area contributed by atoms with Gasteiger partial charge in [0.15, 0.2) is 0 Å². The van der Waals surface area contributed by atoms with Gasteiger partial charge in [0.25, 0.3) is 0 Å². The van der Waals surface area contributed by atoms with Crippen molar-refractivity contribution in [1.29, 1.82) is 0 Å². The van der Waals surface area contributed by atoms with E-state index in [1.807, 2.05) is 43.3 Å². The summed E-state index contributed by atoms with van der Waals surface area (Å²) in [6.45, 7) is 6.08. The van der Waals surface area contributed by atoms with Gasteiger partial charge < -0.3 is 15.3 Å². The molecule has 1 fully saturated rings. The van der Waals surface area contributed by atoms with E-state index in [4.69, 9.17) is 0 Å². The van der Waals surface area contributed by atoms with Crippen LogP contribution < -0.4 is 10.2 Å². The highest BCUT2D eigenvalue weighted by Gasteiger charge is 2.26. The number of amides is 1. The minimum atomic E-state index is -2.71. The number of aryl methyl sites for hydroxylation is 1. The zero-order valence-corrected chi connectivity index (χ0v) is 18.9. The van der Waals surface area contributed by atoms with Gasteiger partial charge in [0.1, 0.15) is 0 Å². The third kappa shape index (κ3) is 7.28. The number of nitrogens with zero attached hydrogens (tertiary/aromatic N) is 2. The smallest absolute Gasteiger partial charge is 0.249 e. The number of anilines is 2. The lowest BCUT2D eigenvalue weighted by molar-refractivity contribution is -0.117. The Morgan fingerprint density at radius 1 is 1.06 bits per heavy atom. The summed E-state index contributed by atoms with van der Waals surface area (Å²) in [6.07, 6.45) is 0.615. The van der Waals surface area contributed by atoms with Gasteiger partial charge in [-0.2, -0.15) is 0 Å². The second kappa shape index (κ2) is 10.9. The molecule has 2 aromatic rings. The molecule has 1 heterocycles. The molecule has 1 aliphatic rings. The fourth-order valence-electron chi connectivity index (χ4n) is 4.15. The van der Waals surface area contributed by atoms with Crippen molar-refractivity contribution in [2.45, 2.75) is 45.1 Å². The Kier molecular flexibility index (Phi) is 8.21. The zero-order valence-electron chi connectivity index (χ0n) is 18.9. The molecule has 1 aliphatic heterocycles. The number of aliphatic hydroxyl groups is 1. The Balaban J connectivity index is 1.53. The molecule has 0 aromatic heterocycles. The number of hydrogen-bond acceptors (Lipinski definition) is 4. The molecule has 1 atom stereocenters. The second-order valence-electron chi connectivity index (χ2n) is 8.72. The summed E-state index contributed by atoms with van der Waals surface area (Å²) in [7, 11) is 0. The van der Waals surface area contributed by atoms with Crippen LogP contribution >= 0.6 is 0 Å². The molecular weight excluding hydrogens is 412 g/mol. The summed E-state index contributed by atoms with van der Waals surface area (Å²) in [4.78, 5) is 17.0. The van der Waals surface area contributed by atoms with E-state index in [-0.39, 0.29) is 25.0 Å². The summed E-state index contributed by atoms with van der Waals surface area (Å²) in [5.41, 5.74) is 3.56. The Morgan fingerprint density at radius 3 is 2.25 bits per heavy atom. The summed E-state index contributed by atoms with van der Waals surface area (Å²) in [5.74, 6) is -2.77. The molecule has 0 bridgehead atoms. The van der Waals surface area contributed by atoms with Crippen molar-refractivity contribution in [1.82, 2.24) is 4.90 Å². The van der Waals surface area contributed by atoms with E-state index in [1.165, 1.54) is 0 Å². The number of halogens is 2. The van der Waals surface area contributed by atoms with Crippen molar-refractivity contribution in [3.8, 4) is 0 Å². The molecular formula is C25H33F2N3O2. The maximum Gasteiger partial charge on any atom is 0.249 e. The Hall–Kier alpha value is -2.51. The van der Waals surface area contributed by atoms with Gasteiger partial charge in [-0.25, -0.2) is 8.78 Å². The Bertz CT molecular complexity index is 858. The lowest BCUT2D eigenvalue weighted by Gasteiger charge is -2.40. The SMILES string of the molecule is Cc1ccc(NC(=O)CC(CCO)N2CCN(c3ccc(CC(C)(F)F)cc3)CC2)cc1. The molecule has 1 amide bonds. The largest absolute Gasteiger partial charge is 0.396 e. The van der Waals surface area contributed by atoms with Crippen LogP contribution in [0.5, 0.6) is 0 Å². The summed E-state index contributed by atoms with van der Waals surface area (Å²) >= 11 is 0. The Morgan fingerprint density at radius 2 is 1.69 bits per heavy atom. The fraction of sp³-hybridized carbons (Fsp3) is 0.480. The van der Waals surface area contributed by atoms with Crippen molar-refractivity contribution >= 4 is 17.3 Å². The average molecular weight is 446 g/mol. The van der Waals surface area contributed by atoms with E-state index >= 15 is 0 Å². The topological polar surface area (TPSA) is 55.8 Å². The van der Waals surface area contributed by atoms with Crippen LogP contribution in [0.3, 0.4) is 0 Å². The molecule has 0 saturated carbocycles. The number of piperazine rings is 1. The van der Waals surface area contributed by atoms with Crippen molar-refractivity contribution in [3.63, 3.8) is 0 Å². The number of nitrogens with one attached hydrogen (secondary N) is 1. The van der Waals surface area contributed by atoms with Gasteiger partial charge in [-0.1, -0.05) is 29.8 Å². The molecule has 32 heavy (non-hydrogen) atoms. The quantitative estimate of drug-likeness (QED) is 0.610. The number of carbonyl (C=O) groups excluding carboxylic acids is 1. The second-order valence-corrected chi connectivity index (χ2v) is 8.72. The van der Waals surface area contributed by atoms with E-state index in [1.54, 1.807) is 12.1 Å². The van der Waals surface area contributed by atoms with Crippen molar-refractivity contribution < 1.29 is 18.7 Å². The molecule has 2 N–H and O–H groups in total. The van der Waals surface area contributed by atoms with Crippen LogP contribution in [0.4, 0.5) is 20.2 Å².